The van der Waals surface area contributed by atoms with Crippen LogP contribution < -0.4 is 9.47 Å². The van der Waals surface area contributed by atoms with E-state index in [-0.39, 0.29) is 0 Å². The van der Waals surface area contributed by atoms with Gasteiger partial charge in [-0.25, -0.2) is 0 Å². The van der Waals surface area contributed by atoms with Gasteiger partial charge in [0.1, 0.15) is 31.0 Å². The minimum absolute atomic E-state index is 0.298. The second-order valence-electron chi connectivity index (χ2n) is 5.69. The summed E-state index contributed by atoms with van der Waals surface area (Å²) in [4.78, 5) is 11.0. The van der Waals surface area contributed by atoms with Crippen molar-refractivity contribution in [3.8, 4) is 11.5 Å². The number of ether oxygens (including phenoxy) is 2. The third-order valence-electron chi connectivity index (χ3n) is 3.82. The van der Waals surface area contributed by atoms with Gasteiger partial charge in [-0.3, -0.25) is 0 Å². The van der Waals surface area contributed by atoms with Crippen molar-refractivity contribution in [2.45, 2.75) is 19.6 Å². The normalized spacial score (nSPS) is 10.2. The van der Waals surface area contributed by atoms with Crippen molar-refractivity contribution in [3.05, 3.63) is 95.6 Å². The summed E-state index contributed by atoms with van der Waals surface area (Å²) in [6.45, 7) is 0.961. The van der Waals surface area contributed by atoms with Gasteiger partial charge < -0.3 is 14.3 Å². The Labute approximate surface area is 147 Å². The molecule has 0 bridgehead atoms. The zero-order valence-electron chi connectivity index (χ0n) is 13.9. The van der Waals surface area contributed by atoms with Gasteiger partial charge in [0.25, 0.3) is 0 Å². The molecule has 25 heavy (non-hydrogen) atoms. The van der Waals surface area contributed by atoms with Gasteiger partial charge in [-0.15, -0.1) is 0 Å². The van der Waals surface area contributed by atoms with E-state index in [0.29, 0.717) is 25.4 Å². The number of hydrogen-bond donors (Lipinski definition) is 0. The van der Waals surface area contributed by atoms with E-state index in [9.17, 15) is 4.79 Å². The Hall–Kier alpha value is -3.07. The molecule has 0 atom stereocenters. The Bertz CT molecular complexity index is 798. The maximum atomic E-state index is 11.0. The largest absolute Gasteiger partial charge is 0.489 e. The molecule has 0 saturated carbocycles. The number of benzene rings is 3. The molecule has 0 N–H and O–H groups in total. The summed E-state index contributed by atoms with van der Waals surface area (Å²) in [5, 5.41) is 0. The van der Waals surface area contributed by atoms with E-state index >= 15 is 0 Å². The van der Waals surface area contributed by atoms with Crippen LogP contribution in [0.2, 0.25) is 0 Å². The Morgan fingerprint density at radius 1 is 0.720 bits per heavy atom. The average Bonchev–Trinajstić information content (AvgIpc) is 2.67. The molecule has 0 aliphatic rings. The van der Waals surface area contributed by atoms with Crippen LogP contribution in [0.1, 0.15) is 16.7 Å². The highest BCUT2D eigenvalue weighted by Gasteiger charge is 2.07. The van der Waals surface area contributed by atoms with E-state index in [1.807, 2.05) is 78.9 Å². The molecule has 0 amide bonds. The fourth-order valence-electron chi connectivity index (χ4n) is 2.51. The highest BCUT2D eigenvalue weighted by molar-refractivity contribution is 5.58. The number of carbonyl (C=O) groups excluding carboxylic acids is 1. The molecule has 0 fully saturated rings. The third-order valence-corrected chi connectivity index (χ3v) is 3.82. The number of rotatable bonds is 8. The van der Waals surface area contributed by atoms with Crippen LogP contribution in [-0.2, 0) is 24.4 Å². The van der Waals surface area contributed by atoms with Gasteiger partial charge >= 0.3 is 0 Å². The predicted molar refractivity (Wildman–Crippen MR) is 97.8 cm³/mol. The Kier molecular flexibility index (Phi) is 5.83. The van der Waals surface area contributed by atoms with E-state index in [1.54, 1.807) is 0 Å². The summed E-state index contributed by atoms with van der Waals surface area (Å²) in [5.41, 5.74) is 3.02. The summed E-state index contributed by atoms with van der Waals surface area (Å²) in [6.07, 6.45) is 1.18. The molecule has 0 spiro atoms. The zero-order valence-corrected chi connectivity index (χ0v) is 13.9. The second-order valence-corrected chi connectivity index (χ2v) is 5.69. The highest BCUT2D eigenvalue weighted by Crippen LogP contribution is 2.26. The molecule has 3 heteroatoms. The minimum Gasteiger partial charge on any atom is -0.489 e. The quantitative estimate of drug-likeness (QED) is 0.566. The minimum atomic E-state index is 0.298. The summed E-state index contributed by atoms with van der Waals surface area (Å²) < 4.78 is 11.7. The van der Waals surface area contributed by atoms with E-state index < -0.39 is 0 Å². The maximum absolute atomic E-state index is 11.0. The lowest BCUT2D eigenvalue weighted by Gasteiger charge is -2.13. The topological polar surface area (TPSA) is 35.5 Å². The maximum Gasteiger partial charge on any atom is 0.124 e. The second kappa shape index (κ2) is 8.69. The smallest absolute Gasteiger partial charge is 0.124 e. The first-order valence-corrected chi connectivity index (χ1v) is 8.25. The first-order valence-electron chi connectivity index (χ1n) is 8.25. The van der Waals surface area contributed by atoms with Crippen LogP contribution in [0.4, 0.5) is 0 Å². The monoisotopic (exact) mass is 332 g/mol. The van der Waals surface area contributed by atoms with Gasteiger partial charge in [-0.2, -0.15) is 0 Å². The van der Waals surface area contributed by atoms with Gasteiger partial charge in [0.05, 0.1) is 0 Å². The van der Waals surface area contributed by atoms with Crippen LogP contribution in [0.3, 0.4) is 0 Å². The van der Waals surface area contributed by atoms with Gasteiger partial charge in [0.15, 0.2) is 0 Å². The highest BCUT2D eigenvalue weighted by atomic mass is 16.5. The molecular formula is C22H20O3. The lowest BCUT2D eigenvalue weighted by atomic mass is 10.1. The molecule has 3 rings (SSSR count). The number of aldehydes is 1. The molecule has 0 heterocycles. The van der Waals surface area contributed by atoms with Crippen LogP contribution in [-0.4, -0.2) is 6.29 Å². The third kappa shape index (κ3) is 4.95. The number of hydrogen-bond acceptors (Lipinski definition) is 3. The van der Waals surface area contributed by atoms with Crippen LogP contribution in [0.25, 0.3) is 0 Å². The first-order chi connectivity index (χ1) is 12.3. The SMILES string of the molecule is O=CCc1cc(OCc2ccccc2)ccc1OCc1ccccc1. The van der Waals surface area contributed by atoms with Crippen molar-refractivity contribution in [1.82, 2.24) is 0 Å². The molecule has 0 aromatic heterocycles. The zero-order chi connectivity index (χ0) is 17.3. The summed E-state index contributed by atoms with van der Waals surface area (Å²) >= 11 is 0. The number of carbonyl (C=O) groups is 1. The molecule has 126 valence electrons. The molecule has 0 aliphatic heterocycles. The van der Waals surface area contributed by atoms with Crippen molar-refractivity contribution in [2.75, 3.05) is 0 Å². The Morgan fingerprint density at radius 3 is 1.92 bits per heavy atom. The predicted octanol–water partition coefficient (Wildman–Crippen LogP) is 4.59. The fourth-order valence-corrected chi connectivity index (χ4v) is 2.51. The van der Waals surface area contributed by atoms with Gasteiger partial charge in [-0.1, -0.05) is 60.7 Å². The van der Waals surface area contributed by atoms with Crippen molar-refractivity contribution < 1.29 is 14.3 Å². The molecule has 3 aromatic rings. The average molecular weight is 332 g/mol. The lowest BCUT2D eigenvalue weighted by molar-refractivity contribution is -0.107. The molecule has 3 aromatic carbocycles. The first kappa shape index (κ1) is 16.8. The van der Waals surface area contributed by atoms with E-state index in [2.05, 4.69) is 0 Å². The summed E-state index contributed by atoms with van der Waals surface area (Å²) in [7, 11) is 0. The molecular weight excluding hydrogens is 312 g/mol. The van der Waals surface area contributed by atoms with Crippen molar-refractivity contribution >= 4 is 6.29 Å². The van der Waals surface area contributed by atoms with Gasteiger partial charge in [0.2, 0.25) is 0 Å². The van der Waals surface area contributed by atoms with E-state index in [1.165, 1.54) is 0 Å². The Morgan fingerprint density at radius 2 is 1.32 bits per heavy atom. The van der Waals surface area contributed by atoms with Crippen LogP contribution in [0.5, 0.6) is 11.5 Å². The lowest BCUT2D eigenvalue weighted by Crippen LogP contribution is -2.01. The Balaban J connectivity index is 1.68. The molecule has 0 aliphatic carbocycles. The summed E-state index contributed by atoms with van der Waals surface area (Å²) in [6, 6.07) is 25.5. The van der Waals surface area contributed by atoms with Gasteiger partial charge in [-0.05, 0) is 29.3 Å². The van der Waals surface area contributed by atoms with E-state index in [4.69, 9.17) is 9.47 Å². The van der Waals surface area contributed by atoms with Crippen molar-refractivity contribution in [1.29, 1.82) is 0 Å². The standard InChI is InChI=1S/C22H20O3/c23-14-13-20-15-21(24-16-18-7-3-1-4-8-18)11-12-22(20)25-17-19-9-5-2-6-10-19/h1-12,14-15H,13,16-17H2. The van der Waals surface area contributed by atoms with Crippen LogP contribution in [0.15, 0.2) is 78.9 Å². The molecule has 0 unspecified atom stereocenters. The van der Waals surface area contributed by atoms with Crippen molar-refractivity contribution in [2.24, 2.45) is 0 Å². The molecule has 3 nitrogen and oxygen atoms in total. The fraction of sp³-hybridized carbons (Fsp3) is 0.136. The van der Waals surface area contributed by atoms with Gasteiger partial charge in [0, 0.05) is 12.0 Å². The van der Waals surface area contributed by atoms with E-state index in [0.717, 1.165) is 28.7 Å². The molecule has 0 radical (unpaired) electrons. The molecule has 0 saturated heterocycles. The summed E-state index contributed by atoms with van der Waals surface area (Å²) in [5.74, 6) is 1.44. The van der Waals surface area contributed by atoms with Crippen LogP contribution in [0, 0.1) is 0 Å². The van der Waals surface area contributed by atoms with Crippen molar-refractivity contribution in [3.63, 3.8) is 0 Å². The van der Waals surface area contributed by atoms with Crippen LogP contribution >= 0.6 is 0 Å².